The minimum absolute atomic E-state index is 0.307. The Bertz CT molecular complexity index is 917. The third kappa shape index (κ3) is 2.64. The van der Waals surface area contributed by atoms with Crippen molar-refractivity contribution < 1.29 is 8.42 Å². The van der Waals surface area contributed by atoms with Crippen molar-refractivity contribution in [3.63, 3.8) is 0 Å². The van der Waals surface area contributed by atoms with E-state index in [1.54, 1.807) is 24.3 Å². The number of sulfone groups is 1. The van der Waals surface area contributed by atoms with Crippen molar-refractivity contribution in [2.24, 2.45) is 0 Å². The van der Waals surface area contributed by atoms with Crippen LogP contribution in [-0.4, -0.2) is 24.6 Å². The van der Waals surface area contributed by atoms with Crippen LogP contribution in [0.25, 0.3) is 22.2 Å². The van der Waals surface area contributed by atoms with Crippen molar-refractivity contribution >= 4 is 20.7 Å². The molecule has 0 aliphatic heterocycles. The van der Waals surface area contributed by atoms with Gasteiger partial charge in [-0.2, -0.15) is 0 Å². The largest absolute Gasteiger partial charge is 0.233 e. The predicted molar refractivity (Wildman–Crippen MR) is 82.8 cm³/mol. The first-order valence-corrected chi connectivity index (χ1v) is 8.38. The first kappa shape index (κ1) is 13.7. The number of para-hydroxylation sites is 1. The number of fused-ring (bicyclic) bond motifs is 1. The third-order valence-electron chi connectivity index (χ3n) is 3.27. The molecule has 5 heteroatoms. The molecular weight excluding hydrogens is 284 g/mol. The molecule has 0 aliphatic rings. The molecule has 0 bridgehead atoms. The molecule has 0 N–H and O–H groups in total. The normalized spacial score (nSPS) is 11.7. The fraction of sp³-hybridized carbons (Fsp3) is 0.125. The molecule has 2 aromatic carbocycles. The number of aromatic nitrogens is 2. The number of aryl methyl sites for hydroxylation is 1. The van der Waals surface area contributed by atoms with Gasteiger partial charge < -0.3 is 0 Å². The highest BCUT2D eigenvalue weighted by molar-refractivity contribution is 7.90. The molecule has 1 heterocycles. The molecule has 0 amide bonds. The van der Waals surface area contributed by atoms with Crippen molar-refractivity contribution in [1.29, 1.82) is 0 Å². The number of rotatable bonds is 2. The van der Waals surface area contributed by atoms with Gasteiger partial charge in [0, 0.05) is 17.2 Å². The van der Waals surface area contributed by atoms with Crippen molar-refractivity contribution in [3.8, 4) is 11.3 Å². The monoisotopic (exact) mass is 298 g/mol. The van der Waals surface area contributed by atoms with Gasteiger partial charge in [-0.25, -0.2) is 18.4 Å². The van der Waals surface area contributed by atoms with E-state index in [1.165, 1.54) is 6.26 Å². The van der Waals surface area contributed by atoms with Gasteiger partial charge in [0.1, 0.15) is 5.82 Å². The van der Waals surface area contributed by atoms with Gasteiger partial charge in [0.05, 0.1) is 16.1 Å². The van der Waals surface area contributed by atoms with Crippen molar-refractivity contribution in [3.05, 3.63) is 54.4 Å². The zero-order chi connectivity index (χ0) is 15.0. The second-order valence-corrected chi connectivity index (χ2v) is 6.95. The molecule has 106 valence electrons. The summed E-state index contributed by atoms with van der Waals surface area (Å²) in [6, 6.07) is 14.6. The Hall–Kier alpha value is -2.27. The Morgan fingerprint density at radius 1 is 0.905 bits per heavy atom. The maximum Gasteiger partial charge on any atom is 0.175 e. The number of hydrogen-bond donors (Lipinski definition) is 0. The van der Waals surface area contributed by atoms with Crippen molar-refractivity contribution in [2.75, 3.05) is 6.26 Å². The summed E-state index contributed by atoms with van der Waals surface area (Å²) in [5.74, 6) is 0.691. The molecule has 0 atom stereocenters. The SMILES string of the molecule is Cc1nc(-c2ccc(S(C)(=O)=O)cc2)c2ccccc2n1. The van der Waals surface area contributed by atoms with Gasteiger partial charge in [-0.1, -0.05) is 30.3 Å². The molecule has 0 spiro atoms. The smallest absolute Gasteiger partial charge is 0.175 e. The molecule has 0 saturated carbocycles. The molecule has 0 saturated heterocycles. The summed E-state index contributed by atoms with van der Waals surface area (Å²) in [6.45, 7) is 1.85. The Morgan fingerprint density at radius 3 is 2.24 bits per heavy atom. The average molecular weight is 298 g/mol. The van der Waals surface area contributed by atoms with Crippen LogP contribution in [0.3, 0.4) is 0 Å². The zero-order valence-corrected chi connectivity index (χ0v) is 12.6. The van der Waals surface area contributed by atoms with Gasteiger partial charge in [0.15, 0.2) is 9.84 Å². The highest BCUT2D eigenvalue weighted by Gasteiger charge is 2.10. The highest BCUT2D eigenvalue weighted by Crippen LogP contribution is 2.26. The molecule has 21 heavy (non-hydrogen) atoms. The Labute approximate surface area is 123 Å². The van der Waals surface area contributed by atoms with E-state index in [0.717, 1.165) is 22.2 Å². The second-order valence-electron chi connectivity index (χ2n) is 4.93. The van der Waals surface area contributed by atoms with Crippen LogP contribution in [0.15, 0.2) is 53.4 Å². The van der Waals surface area contributed by atoms with Crippen LogP contribution in [0.5, 0.6) is 0 Å². The van der Waals surface area contributed by atoms with E-state index in [1.807, 2.05) is 31.2 Å². The van der Waals surface area contributed by atoms with Gasteiger partial charge in [-0.15, -0.1) is 0 Å². The molecule has 0 fully saturated rings. The van der Waals surface area contributed by atoms with Gasteiger partial charge in [0.25, 0.3) is 0 Å². The molecule has 4 nitrogen and oxygen atoms in total. The minimum atomic E-state index is -3.19. The van der Waals surface area contributed by atoms with Crippen LogP contribution in [0, 0.1) is 6.92 Å². The van der Waals surface area contributed by atoms with Gasteiger partial charge in [-0.05, 0) is 25.1 Å². The Balaban J connectivity index is 2.21. The summed E-state index contributed by atoms with van der Waals surface area (Å²) >= 11 is 0. The third-order valence-corrected chi connectivity index (χ3v) is 4.40. The molecular formula is C16H14N2O2S. The lowest BCUT2D eigenvalue weighted by atomic mass is 10.1. The summed E-state index contributed by atoms with van der Waals surface area (Å²) < 4.78 is 23.0. The predicted octanol–water partition coefficient (Wildman–Crippen LogP) is 3.01. The van der Waals surface area contributed by atoms with E-state index in [-0.39, 0.29) is 0 Å². The standard InChI is InChI=1S/C16H14N2O2S/c1-11-17-15-6-4-3-5-14(15)16(18-11)12-7-9-13(10-8-12)21(2,19)20/h3-10H,1-2H3. The molecule has 3 aromatic rings. The Kier molecular flexibility index (Phi) is 3.22. The van der Waals surface area contributed by atoms with Crippen LogP contribution in [0.4, 0.5) is 0 Å². The molecule has 0 unspecified atom stereocenters. The molecule has 3 rings (SSSR count). The fourth-order valence-corrected chi connectivity index (χ4v) is 2.90. The van der Waals surface area contributed by atoms with Crippen molar-refractivity contribution in [2.45, 2.75) is 11.8 Å². The lowest BCUT2D eigenvalue weighted by Crippen LogP contribution is -1.97. The van der Waals surface area contributed by atoms with E-state index in [4.69, 9.17) is 0 Å². The zero-order valence-electron chi connectivity index (χ0n) is 11.7. The lowest BCUT2D eigenvalue weighted by Gasteiger charge is -2.07. The number of hydrogen-bond acceptors (Lipinski definition) is 4. The van der Waals surface area contributed by atoms with Crippen LogP contribution in [0.2, 0.25) is 0 Å². The van der Waals surface area contributed by atoms with Crippen LogP contribution >= 0.6 is 0 Å². The Morgan fingerprint density at radius 2 is 1.57 bits per heavy atom. The summed E-state index contributed by atoms with van der Waals surface area (Å²) in [4.78, 5) is 9.22. The summed E-state index contributed by atoms with van der Waals surface area (Å²) in [5.41, 5.74) is 2.58. The molecule has 0 radical (unpaired) electrons. The van der Waals surface area contributed by atoms with Gasteiger partial charge >= 0.3 is 0 Å². The average Bonchev–Trinajstić information content (AvgIpc) is 2.45. The van der Waals surface area contributed by atoms with E-state index < -0.39 is 9.84 Å². The molecule has 0 aliphatic carbocycles. The van der Waals surface area contributed by atoms with Crippen LogP contribution in [-0.2, 0) is 9.84 Å². The van der Waals surface area contributed by atoms with E-state index in [9.17, 15) is 8.42 Å². The maximum atomic E-state index is 11.5. The quantitative estimate of drug-likeness (QED) is 0.729. The first-order chi connectivity index (χ1) is 9.95. The maximum absolute atomic E-state index is 11.5. The highest BCUT2D eigenvalue weighted by atomic mass is 32.2. The summed E-state index contributed by atoms with van der Waals surface area (Å²) in [5, 5.41) is 0.954. The van der Waals surface area contributed by atoms with Gasteiger partial charge in [-0.3, -0.25) is 0 Å². The van der Waals surface area contributed by atoms with Crippen LogP contribution in [0.1, 0.15) is 5.82 Å². The van der Waals surface area contributed by atoms with Gasteiger partial charge in [0.2, 0.25) is 0 Å². The van der Waals surface area contributed by atoms with Crippen molar-refractivity contribution in [1.82, 2.24) is 9.97 Å². The topological polar surface area (TPSA) is 59.9 Å². The van der Waals surface area contributed by atoms with E-state index >= 15 is 0 Å². The summed E-state index contributed by atoms with van der Waals surface area (Å²) in [7, 11) is -3.19. The number of benzene rings is 2. The first-order valence-electron chi connectivity index (χ1n) is 6.49. The van der Waals surface area contributed by atoms with E-state index in [0.29, 0.717) is 10.7 Å². The summed E-state index contributed by atoms with van der Waals surface area (Å²) in [6.07, 6.45) is 1.20. The molecule has 1 aromatic heterocycles. The number of nitrogens with zero attached hydrogens (tertiary/aromatic N) is 2. The second kappa shape index (κ2) is 4.93. The lowest BCUT2D eigenvalue weighted by molar-refractivity contribution is 0.602. The van der Waals surface area contributed by atoms with Crippen LogP contribution < -0.4 is 0 Å². The minimum Gasteiger partial charge on any atom is -0.233 e. The fourth-order valence-electron chi connectivity index (χ4n) is 2.27. The van der Waals surface area contributed by atoms with E-state index in [2.05, 4.69) is 9.97 Å².